The van der Waals surface area contributed by atoms with E-state index in [1.165, 1.54) is 0 Å². The maximum Gasteiger partial charge on any atom is 0.328 e. The van der Waals surface area contributed by atoms with Crippen LogP contribution in [0.25, 0.3) is 0 Å². The van der Waals surface area contributed by atoms with Crippen LogP contribution in [0.1, 0.15) is 19.4 Å². The van der Waals surface area contributed by atoms with E-state index in [2.05, 4.69) is 5.43 Å². The van der Waals surface area contributed by atoms with Crippen molar-refractivity contribution < 1.29 is 9.53 Å². The van der Waals surface area contributed by atoms with Gasteiger partial charge in [0.15, 0.2) is 5.11 Å². The van der Waals surface area contributed by atoms with E-state index in [9.17, 15) is 4.79 Å². The molecule has 0 heterocycles. The van der Waals surface area contributed by atoms with Crippen LogP contribution < -0.4 is 11.3 Å². The van der Waals surface area contributed by atoms with E-state index in [0.717, 1.165) is 5.56 Å². The average Bonchev–Trinajstić information content (AvgIpc) is 2.44. The zero-order valence-electron chi connectivity index (χ0n) is 11.1. The van der Waals surface area contributed by atoms with Gasteiger partial charge in [-0.3, -0.25) is 0 Å². The lowest BCUT2D eigenvalue weighted by atomic mass is 10.2. The van der Waals surface area contributed by atoms with E-state index in [-0.39, 0.29) is 5.97 Å². The van der Waals surface area contributed by atoms with Crippen molar-refractivity contribution in [1.82, 2.24) is 10.3 Å². The first-order valence-electron chi connectivity index (χ1n) is 6.08. The average molecular weight is 281 g/mol. The summed E-state index contributed by atoms with van der Waals surface area (Å²) >= 11 is 5.14. The summed E-state index contributed by atoms with van der Waals surface area (Å²) in [4.78, 5) is 13.5. The third kappa shape index (κ3) is 4.50. The highest BCUT2D eigenvalue weighted by atomic mass is 32.1. The summed E-state index contributed by atoms with van der Waals surface area (Å²) in [7, 11) is 0. The lowest BCUT2D eigenvalue weighted by Gasteiger charge is -2.29. The van der Waals surface area contributed by atoms with Gasteiger partial charge in [-0.15, -0.1) is 0 Å². The fourth-order valence-corrected chi connectivity index (χ4v) is 1.86. The maximum atomic E-state index is 11.8. The SMILES string of the molecule is CCOC(=O)C(C)N(Cc1ccccc1)C(=S)NN. The molecule has 0 saturated heterocycles. The molecule has 5 nitrogen and oxygen atoms in total. The van der Waals surface area contributed by atoms with Gasteiger partial charge >= 0.3 is 5.97 Å². The monoisotopic (exact) mass is 281 g/mol. The topological polar surface area (TPSA) is 67.6 Å². The van der Waals surface area contributed by atoms with Crippen LogP contribution in [-0.4, -0.2) is 28.6 Å². The van der Waals surface area contributed by atoms with Crippen molar-refractivity contribution in [2.75, 3.05) is 6.61 Å². The molecule has 0 saturated carbocycles. The Morgan fingerprint density at radius 1 is 1.47 bits per heavy atom. The van der Waals surface area contributed by atoms with Crippen LogP contribution in [0.15, 0.2) is 30.3 Å². The molecular weight excluding hydrogens is 262 g/mol. The number of thiocarbonyl (C=S) groups is 1. The standard InChI is InChI=1S/C13H19N3O2S/c1-3-18-12(17)10(2)16(13(19)15-14)9-11-7-5-4-6-8-11/h4-8,10H,3,9,14H2,1-2H3,(H,15,19). The van der Waals surface area contributed by atoms with Gasteiger partial charge in [-0.2, -0.15) is 0 Å². The molecular formula is C13H19N3O2S. The first-order chi connectivity index (χ1) is 9.10. The Bertz CT molecular complexity index is 425. The zero-order chi connectivity index (χ0) is 14.3. The van der Waals surface area contributed by atoms with Crippen molar-refractivity contribution in [3.05, 3.63) is 35.9 Å². The van der Waals surface area contributed by atoms with Crippen molar-refractivity contribution in [1.29, 1.82) is 0 Å². The third-order valence-corrected chi connectivity index (χ3v) is 3.03. The molecule has 0 aromatic heterocycles. The quantitative estimate of drug-likeness (QED) is 0.366. The Morgan fingerprint density at radius 2 is 2.11 bits per heavy atom. The number of carbonyl (C=O) groups excluding carboxylic acids is 1. The Morgan fingerprint density at radius 3 is 2.63 bits per heavy atom. The van der Waals surface area contributed by atoms with Crippen LogP contribution in [0.3, 0.4) is 0 Å². The predicted octanol–water partition coefficient (Wildman–Crippen LogP) is 1.19. The molecule has 0 aliphatic heterocycles. The van der Waals surface area contributed by atoms with Crippen LogP contribution in [0.5, 0.6) is 0 Å². The van der Waals surface area contributed by atoms with Gasteiger partial charge in [-0.1, -0.05) is 30.3 Å². The predicted molar refractivity (Wildman–Crippen MR) is 78.0 cm³/mol. The van der Waals surface area contributed by atoms with Gasteiger partial charge in [0, 0.05) is 6.54 Å². The Balaban J connectivity index is 2.83. The van der Waals surface area contributed by atoms with E-state index in [4.69, 9.17) is 22.8 Å². The van der Waals surface area contributed by atoms with E-state index >= 15 is 0 Å². The number of ether oxygens (including phenoxy) is 1. The molecule has 1 aromatic rings. The Kier molecular flexibility index (Phi) is 6.24. The molecule has 1 atom stereocenters. The minimum Gasteiger partial charge on any atom is -0.464 e. The number of nitrogens with one attached hydrogen (secondary N) is 1. The fourth-order valence-electron chi connectivity index (χ4n) is 1.64. The number of nitrogens with zero attached hydrogens (tertiary/aromatic N) is 1. The summed E-state index contributed by atoms with van der Waals surface area (Å²) in [5.41, 5.74) is 3.45. The number of hydrogen-bond donors (Lipinski definition) is 2. The molecule has 0 amide bonds. The number of nitrogens with two attached hydrogens (primary N) is 1. The number of carbonyl (C=O) groups is 1. The molecule has 1 aromatic carbocycles. The van der Waals surface area contributed by atoms with Crippen LogP contribution in [0.4, 0.5) is 0 Å². The molecule has 0 aliphatic rings. The lowest BCUT2D eigenvalue weighted by Crippen LogP contribution is -2.50. The Hall–Kier alpha value is -1.66. The molecule has 0 radical (unpaired) electrons. The van der Waals surface area contributed by atoms with E-state index < -0.39 is 6.04 Å². The summed E-state index contributed by atoms with van der Waals surface area (Å²) < 4.78 is 5.01. The largest absolute Gasteiger partial charge is 0.464 e. The molecule has 6 heteroatoms. The highest BCUT2D eigenvalue weighted by Crippen LogP contribution is 2.10. The van der Waals surface area contributed by atoms with Crippen LogP contribution >= 0.6 is 12.2 Å². The number of rotatable bonds is 5. The maximum absolute atomic E-state index is 11.8. The molecule has 19 heavy (non-hydrogen) atoms. The second-order valence-corrected chi connectivity index (χ2v) is 4.38. The zero-order valence-corrected chi connectivity index (χ0v) is 11.9. The second-order valence-electron chi connectivity index (χ2n) is 3.99. The minimum atomic E-state index is -0.497. The second kappa shape index (κ2) is 7.70. The van der Waals surface area contributed by atoms with Crippen molar-refractivity contribution in [2.24, 2.45) is 5.84 Å². The van der Waals surface area contributed by atoms with Crippen LogP contribution in [-0.2, 0) is 16.1 Å². The van der Waals surface area contributed by atoms with Gasteiger partial charge in [0.05, 0.1) is 6.61 Å². The highest BCUT2D eigenvalue weighted by Gasteiger charge is 2.24. The van der Waals surface area contributed by atoms with Gasteiger partial charge in [-0.05, 0) is 31.6 Å². The van der Waals surface area contributed by atoms with Crippen molar-refractivity contribution in [2.45, 2.75) is 26.4 Å². The van der Waals surface area contributed by atoms with Crippen molar-refractivity contribution in [3.8, 4) is 0 Å². The van der Waals surface area contributed by atoms with Crippen molar-refractivity contribution >= 4 is 23.3 Å². The number of esters is 1. The van der Waals surface area contributed by atoms with Crippen molar-refractivity contribution in [3.63, 3.8) is 0 Å². The van der Waals surface area contributed by atoms with E-state index in [0.29, 0.717) is 18.3 Å². The van der Waals surface area contributed by atoms with E-state index in [1.54, 1.807) is 18.7 Å². The van der Waals surface area contributed by atoms with Gasteiger partial charge < -0.3 is 15.1 Å². The molecule has 0 aliphatic carbocycles. The summed E-state index contributed by atoms with van der Waals surface area (Å²) in [5, 5.41) is 0.310. The summed E-state index contributed by atoms with van der Waals surface area (Å²) in [6.45, 7) is 4.34. The lowest BCUT2D eigenvalue weighted by molar-refractivity contribution is -0.147. The number of hydrazine groups is 1. The van der Waals surface area contributed by atoms with Crippen LogP contribution in [0.2, 0.25) is 0 Å². The smallest absolute Gasteiger partial charge is 0.328 e. The summed E-state index contributed by atoms with van der Waals surface area (Å²) in [6.07, 6.45) is 0. The van der Waals surface area contributed by atoms with Gasteiger partial charge in [0.1, 0.15) is 6.04 Å². The molecule has 104 valence electrons. The Labute approximate surface area is 118 Å². The van der Waals surface area contributed by atoms with E-state index in [1.807, 2.05) is 30.3 Å². The van der Waals surface area contributed by atoms with Crippen LogP contribution in [0, 0.1) is 0 Å². The normalized spacial score (nSPS) is 11.5. The highest BCUT2D eigenvalue weighted by molar-refractivity contribution is 7.80. The van der Waals surface area contributed by atoms with Gasteiger partial charge in [0.2, 0.25) is 0 Å². The molecule has 0 fully saturated rings. The first kappa shape index (κ1) is 15.4. The minimum absolute atomic E-state index is 0.310. The molecule has 1 rings (SSSR count). The third-order valence-electron chi connectivity index (χ3n) is 2.68. The number of hydrogen-bond acceptors (Lipinski definition) is 4. The molecule has 0 bridgehead atoms. The summed E-state index contributed by atoms with van der Waals surface area (Å²) in [6, 6.07) is 9.22. The molecule has 3 N–H and O–H groups in total. The fraction of sp³-hybridized carbons (Fsp3) is 0.385. The molecule has 0 spiro atoms. The van der Waals surface area contributed by atoms with Gasteiger partial charge in [0.25, 0.3) is 0 Å². The molecule has 1 unspecified atom stereocenters. The number of benzene rings is 1. The summed E-state index contributed by atoms with van der Waals surface area (Å²) in [5.74, 6) is 5.03. The first-order valence-corrected chi connectivity index (χ1v) is 6.48. The van der Waals surface area contributed by atoms with Gasteiger partial charge in [-0.25, -0.2) is 10.6 Å².